The minimum atomic E-state index is -3.80. The van der Waals surface area contributed by atoms with E-state index in [4.69, 9.17) is 4.74 Å². The van der Waals surface area contributed by atoms with Crippen molar-refractivity contribution in [3.05, 3.63) is 75.5 Å². The number of carbonyl (C=O) groups is 1. The fourth-order valence-corrected chi connectivity index (χ4v) is 6.77. The van der Waals surface area contributed by atoms with Gasteiger partial charge in [0.25, 0.3) is 21.5 Å². The van der Waals surface area contributed by atoms with Crippen LogP contribution in [0.25, 0.3) is 0 Å². The van der Waals surface area contributed by atoms with Gasteiger partial charge in [0.2, 0.25) is 0 Å². The molecule has 3 aromatic rings. The average molecular weight is 486 g/mol. The Kier molecular flexibility index (Phi) is 5.49. The number of aromatic nitrogens is 1. The number of anilines is 1. The largest absolute Gasteiger partial charge is 0.497 e. The smallest absolute Gasteiger partial charge is 0.275 e. The number of methoxy groups -OCH3 is 1. The summed E-state index contributed by atoms with van der Waals surface area (Å²) in [7, 11) is -2.22. The van der Waals surface area contributed by atoms with Crippen LogP contribution in [-0.4, -0.2) is 44.0 Å². The number of fused-ring (bicyclic) bond motifs is 4. The van der Waals surface area contributed by atoms with Crippen LogP contribution in [0.3, 0.4) is 0 Å². The molecule has 2 aromatic heterocycles. The van der Waals surface area contributed by atoms with E-state index in [1.54, 1.807) is 53.5 Å². The molecule has 2 bridgehead atoms. The maximum atomic E-state index is 13.1. The lowest BCUT2D eigenvalue weighted by molar-refractivity contribution is 0.0594. The highest BCUT2D eigenvalue weighted by Crippen LogP contribution is 2.36. The maximum Gasteiger partial charge on any atom is 0.275 e. The van der Waals surface area contributed by atoms with Crippen molar-refractivity contribution in [3.63, 3.8) is 0 Å². The quantitative estimate of drug-likeness (QED) is 0.599. The van der Waals surface area contributed by atoms with Gasteiger partial charge in [0.1, 0.15) is 15.6 Å². The van der Waals surface area contributed by atoms with Crippen molar-refractivity contribution in [2.75, 3.05) is 24.9 Å². The molecule has 0 aliphatic carbocycles. The summed E-state index contributed by atoms with van der Waals surface area (Å²) in [6, 6.07) is 13.5. The Balaban J connectivity index is 1.39. The molecule has 4 heterocycles. The van der Waals surface area contributed by atoms with Crippen molar-refractivity contribution in [1.29, 1.82) is 0 Å². The zero-order valence-electron chi connectivity index (χ0n) is 17.9. The molecule has 1 saturated heterocycles. The first-order chi connectivity index (χ1) is 15.9. The maximum absolute atomic E-state index is 13.1. The van der Waals surface area contributed by atoms with Crippen molar-refractivity contribution in [1.82, 2.24) is 9.47 Å². The Morgan fingerprint density at radius 3 is 2.58 bits per heavy atom. The van der Waals surface area contributed by atoms with Crippen molar-refractivity contribution in [3.8, 4) is 5.75 Å². The van der Waals surface area contributed by atoms with E-state index in [2.05, 4.69) is 4.72 Å². The van der Waals surface area contributed by atoms with E-state index in [-0.39, 0.29) is 33.2 Å². The topological polar surface area (TPSA) is 97.7 Å². The van der Waals surface area contributed by atoms with E-state index in [0.29, 0.717) is 30.9 Å². The third-order valence-electron chi connectivity index (χ3n) is 6.23. The summed E-state index contributed by atoms with van der Waals surface area (Å²) < 4.78 is 34.6. The molecule has 8 nitrogen and oxygen atoms in total. The van der Waals surface area contributed by atoms with E-state index >= 15 is 0 Å². The van der Waals surface area contributed by atoms with Gasteiger partial charge in [-0.1, -0.05) is 6.07 Å². The molecular weight excluding hydrogens is 462 g/mol. The number of amides is 1. The van der Waals surface area contributed by atoms with E-state index < -0.39 is 10.0 Å². The monoisotopic (exact) mass is 485 g/mol. The van der Waals surface area contributed by atoms with Gasteiger partial charge in [0.15, 0.2) is 0 Å². The van der Waals surface area contributed by atoms with Crippen LogP contribution in [0.5, 0.6) is 5.75 Å². The number of rotatable bonds is 5. The number of carbonyl (C=O) groups excluding carboxylic acids is 1. The van der Waals surface area contributed by atoms with Crippen LogP contribution in [0.15, 0.2) is 62.9 Å². The highest BCUT2D eigenvalue weighted by atomic mass is 32.2. The molecule has 2 aliphatic rings. The van der Waals surface area contributed by atoms with Crippen LogP contribution in [0, 0.1) is 5.92 Å². The number of sulfonamides is 1. The molecule has 10 heteroatoms. The minimum Gasteiger partial charge on any atom is -0.497 e. The van der Waals surface area contributed by atoms with Gasteiger partial charge in [-0.2, -0.15) is 0 Å². The van der Waals surface area contributed by atoms with Gasteiger partial charge in [0.05, 0.1) is 7.11 Å². The number of thiophene rings is 1. The van der Waals surface area contributed by atoms with Crippen LogP contribution >= 0.6 is 11.3 Å². The van der Waals surface area contributed by atoms with E-state index in [1.165, 1.54) is 12.1 Å². The predicted molar refractivity (Wildman–Crippen MR) is 126 cm³/mol. The van der Waals surface area contributed by atoms with E-state index in [1.807, 2.05) is 4.90 Å². The molecule has 1 fully saturated rings. The van der Waals surface area contributed by atoms with Crippen LogP contribution < -0.4 is 15.0 Å². The minimum absolute atomic E-state index is 0.0235. The third-order valence-corrected chi connectivity index (χ3v) is 9.00. The molecule has 0 unspecified atom stereocenters. The first-order valence-corrected chi connectivity index (χ1v) is 13.0. The Labute approximate surface area is 195 Å². The molecule has 1 amide bonds. The molecule has 2 aliphatic heterocycles. The second-order valence-corrected chi connectivity index (χ2v) is 11.2. The third kappa shape index (κ3) is 4.04. The molecule has 1 aromatic carbocycles. The first-order valence-electron chi connectivity index (χ1n) is 10.6. The zero-order chi connectivity index (χ0) is 23.2. The van der Waals surface area contributed by atoms with Gasteiger partial charge in [-0.25, -0.2) is 8.42 Å². The fraction of sp³-hybridized carbons (Fsp3) is 0.304. The number of benzene rings is 1. The van der Waals surface area contributed by atoms with Crippen LogP contribution in [0.2, 0.25) is 0 Å². The summed E-state index contributed by atoms with van der Waals surface area (Å²) in [6.07, 6.45) is 0.895. The van der Waals surface area contributed by atoms with Crippen LogP contribution in [-0.2, 0) is 16.6 Å². The number of nitrogens with zero attached hydrogens (tertiary/aromatic N) is 2. The van der Waals surface area contributed by atoms with Gasteiger partial charge >= 0.3 is 0 Å². The summed E-state index contributed by atoms with van der Waals surface area (Å²) in [4.78, 5) is 28.1. The number of piperidine rings is 1. The molecule has 2 atom stereocenters. The molecule has 5 rings (SSSR count). The van der Waals surface area contributed by atoms with Crippen molar-refractivity contribution in [2.24, 2.45) is 5.92 Å². The normalized spacial score (nSPS) is 19.6. The highest BCUT2D eigenvalue weighted by Gasteiger charge is 2.37. The summed E-state index contributed by atoms with van der Waals surface area (Å²) >= 11 is 1.10. The standard InChI is InChI=1S/C23H23N3O5S2/c1-31-18-6-4-16(5-7-18)22(27)25-12-15-11-17(14-25)20-9-8-19(23(28)26(20)13-15)24-33(29,30)21-3-2-10-32-21/h2-10,15,17,24H,11-14H2,1H3/t15-,17-/m1/s1. The Bertz CT molecular complexity index is 1350. The first kappa shape index (κ1) is 21.7. The van der Waals surface area contributed by atoms with Crippen molar-refractivity contribution >= 4 is 33.0 Å². The fourth-order valence-electron chi connectivity index (χ4n) is 4.72. The van der Waals surface area contributed by atoms with Crippen LogP contribution in [0.4, 0.5) is 5.69 Å². The number of ether oxygens (including phenoxy) is 1. The number of hydrogen-bond donors (Lipinski definition) is 1. The summed E-state index contributed by atoms with van der Waals surface area (Å²) in [5.74, 6) is 0.806. The van der Waals surface area contributed by atoms with E-state index in [0.717, 1.165) is 23.5 Å². The molecule has 1 N–H and O–H groups in total. The number of pyridine rings is 1. The van der Waals surface area contributed by atoms with Crippen molar-refractivity contribution < 1.29 is 17.9 Å². The summed E-state index contributed by atoms with van der Waals surface area (Å²) in [5.41, 5.74) is 1.13. The molecule has 0 saturated carbocycles. The zero-order valence-corrected chi connectivity index (χ0v) is 19.6. The lowest BCUT2D eigenvalue weighted by Crippen LogP contribution is -2.49. The average Bonchev–Trinajstić information content (AvgIpc) is 3.37. The Hall–Kier alpha value is -3.11. The molecular formula is C23H23N3O5S2. The number of nitrogens with one attached hydrogen (secondary N) is 1. The van der Waals surface area contributed by atoms with Gasteiger partial charge < -0.3 is 14.2 Å². The second-order valence-electron chi connectivity index (χ2n) is 8.36. The summed E-state index contributed by atoms with van der Waals surface area (Å²) in [5, 5.41) is 1.68. The van der Waals surface area contributed by atoms with Crippen molar-refractivity contribution in [2.45, 2.75) is 23.1 Å². The Morgan fingerprint density at radius 1 is 1.09 bits per heavy atom. The molecule has 172 valence electrons. The molecule has 0 radical (unpaired) electrons. The second kappa shape index (κ2) is 8.35. The number of likely N-dealkylation sites (tertiary alicyclic amines) is 1. The van der Waals surface area contributed by atoms with Gasteiger partial charge in [0, 0.05) is 36.8 Å². The Morgan fingerprint density at radius 2 is 1.88 bits per heavy atom. The van der Waals surface area contributed by atoms with Gasteiger partial charge in [-0.15, -0.1) is 11.3 Å². The van der Waals surface area contributed by atoms with Gasteiger partial charge in [-0.3, -0.25) is 14.3 Å². The number of hydrogen-bond acceptors (Lipinski definition) is 6. The van der Waals surface area contributed by atoms with Crippen LogP contribution in [0.1, 0.15) is 28.4 Å². The van der Waals surface area contributed by atoms with E-state index in [9.17, 15) is 18.0 Å². The van der Waals surface area contributed by atoms with Gasteiger partial charge in [-0.05, 0) is 60.2 Å². The predicted octanol–water partition coefficient (Wildman–Crippen LogP) is 2.98. The lowest BCUT2D eigenvalue weighted by atomic mass is 9.83. The molecule has 33 heavy (non-hydrogen) atoms. The lowest BCUT2D eigenvalue weighted by Gasteiger charge is -2.43. The summed E-state index contributed by atoms with van der Waals surface area (Å²) in [6.45, 7) is 1.52. The molecule has 0 spiro atoms. The highest BCUT2D eigenvalue weighted by molar-refractivity contribution is 7.94. The SMILES string of the molecule is COc1ccc(C(=O)N2C[C@H]3C[C@H](C2)c2ccc(NS(=O)(=O)c4cccs4)c(=O)n2C3)cc1.